The van der Waals surface area contributed by atoms with Gasteiger partial charge in [-0.25, -0.2) is 0 Å². The molecule has 0 bridgehead atoms. The Labute approximate surface area is 182 Å². The highest BCUT2D eigenvalue weighted by atomic mass is 35.5. The topological polar surface area (TPSA) is 59.2 Å². The molecule has 0 saturated heterocycles. The van der Waals surface area contributed by atoms with Gasteiger partial charge in [-0.15, -0.1) is 10.2 Å². The van der Waals surface area contributed by atoms with Crippen LogP contribution in [-0.2, 0) is 17.8 Å². The second kappa shape index (κ2) is 9.00. The van der Waals surface area contributed by atoms with Crippen molar-refractivity contribution in [1.29, 1.82) is 0 Å². The zero-order valence-electron chi connectivity index (χ0n) is 17.4. The van der Waals surface area contributed by atoms with E-state index in [9.17, 15) is 4.79 Å². The summed E-state index contributed by atoms with van der Waals surface area (Å²) in [6.45, 7) is 4.50. The highest BCUT2D eigenvalue weighted by molar-refractivity contribution is 6.30. The van der Waals surface area contributed by atoms with Gasteiger partial charge >= 0.3 is 0 Å². The number of rotatable bonds is 6. The van der Waals surface area contributed by atoms with Gasteiger partial charge in [-0.1, -0.05) is 42.6 Å². The Kier molecular flexibility index (Phi) is 6.18. The molecule has 0 spiro atoms. The maximum absolute atomic E-state index is 13.2. The average Bonchev–Trinajstić information content (AvgIpc) is 3.41. The lowest BCUT2D eigenvalue weighted by atomic mass is 10.0. The first-order valence-electron chi connectivity index (χ1n) is 10.4. The van der Waals surface area contributed by atoms with Crippen LogP contribution in [0.2, 0.25) is 5.02 Å². The fourth-order valence-corrected chi connectivity index (χ4v) is 4.12. The Balaban J connectivity index is 1.52. The molecule has 1 aromatic heterocycles. The molecular formula is C24H26ClN3O2. The van der Waals surface area contributed by atoms with E-state index in [0.717, 1.165) is 36.8 Å². The van der Waals surface area contributed by atoms with Gasteiger partial charge in [0.05, 0.1) is 13.0 Å². The highest BCUT2D eigenvalue weighted by Gasteiger charge is 2.28. The predicted molar refractivity (Wildman–Crippen MR) is 117 cm³/mol. The molecular weight excluding hydrogens is 398 g/mol. The second-order valence-electron chi connectivity index (χ2n) is 8.06. The molecule has 4 rings (SSSR count). The maximum Gasteiger partial charge on any atom is 0.247 e. The summed E-state index contributed by atoms with van der Waals surface area (Å²) < 4.78 is 5.88. The van der Waals surface area contributed by atoms with Crippen LogP contribution in [0.5, 0.6) is 0 Å². The number of hydrogen-bond acceptors (Lipinski definition) is 4. The Hall–Kier alpha value is -2.66. The first kappa shape index (κ1) is 20.6. The van der Waals surface area contributed by atoms with Crippen LogP contribution in [0.3, 0.4) is 0 Å². The van der Waals surface area contributed by atoms with E-state index < -0.39 is 0 Å². The summed E-state index contributed by atoms with van der Waals surface area (Å²) in [7, 11) is 0. The Morgan fingerprint density at radius 2 is 1.80 bits per heavy atom. The molecule has 1 saturated carbocycles. The van der Waals surface area contributed by atoms with Crippen molar-refractivity contribution in [3.05, 3.63) is 70.1 Å². The van der Waals surface area contributed by atoms with E-state index in [4.69, 9.17) is 16.0 Å². The summed E-state index contributed by atoms with van der Waals surface area (Å²) in [5, 5.41) is 9.02. The van der Waals surface area contributed by atoms with E-state index >= 15 is 0 Å². The van der Waals surface area contributed by atoms with E-state index in [1.165, 1.54) is 11.1 Å². The Bertz CT molecular complexity index is 1020. The SMILES string of the molecule is Cc1ccc(CC(=O)N(Cc2nnc(-c3ccc(Cl)cc3)o2)C2CCCC2)cc1C. The fraction of sp³-hybridized carbons (Fsp3) is 0.375. The molecule has 0 radical (unpaired) electrons. The number of aromatic nitrogens is 2. The van der Waals surface area contributed by atoms with Gasteiger partial charge in [0.2, 0.25) is 17.7 Å². The third-order valence-electron chi connectivity index (χ3n) is 5.88. The molecule has 0 N–H and O–H groups in total. The van der Waals surface area contributed by atoms with Crippen LogP contribution in [0.25, 0.3) is 11.5 Å². The van der Waals surface area contributed by atoms with Crippen LogP contribution in [0.1, 0.15) is 48.3 Å². The maximum atomic E-state index is 13.2. The van der Waals surface area contributed by atoms with Crippen LogP contribution in [0.4, 0.5) is 0 Å². The van der Waals surface area contributed by atoms with Gasteiger partial charge in [-0.05, 0) is 67.6 Å². The quantitative estimate of drug-likeness (QED) is 0.523. The van der Waals surface area contributed by atoms with Crippen LogP contribution in [-0.4, -0.2) is 27.0 Å². The van der Waals surface area contributed by atoms with Gasteiger partial charge in [0.15, 0.2) is 0 Å². The molecule has 1 aliphatic rings. The number of aryl methyl sites for hydroxylation is 2. The van der Waals surface area contributed by atoms with Crippen molar-refractivity contribution in [3.63, 3.8) is 0 Å². The van der Waals surface area contributed by atoms with E-state index in [0.29, 0.717) is 29.8 Å². The minimum absolute atomic E-state index is 0.108. The van der Waals surface area contributed by atoms with Crippen molar-refractivity contribution in [2.24, 2.45) is 0 Å². The molecule has 1 fully saturated rings. The van der Waals surface area contributed by atoms with Crippen molar-refractivity contribution in [2.75, 3.05) is 0 Å². The molecule has 156 valence electrons. The summed E-state index contributed by atoms with van der Waals surface area (Å²) in [6.07, 6.45) is 4.74. The highest BCUT2D eigenvalue weighted by Crippen LogP contribution is 2.27. The molecule has 5 nitrogen and oxygen atoms in total. The smallest absolute Gasteiger partial charge is 0.247 e. The summed E-state index contributed by atoms with van der Waals surface area (Å²) in [6, 6.07) is 13.7. The molecule has 1 aliphatic carbocycles. The summed E-state index contributed by atoms with van der Waals surface area (Å²) in [4.78, 5) is 15.2. The molecule has 2 aromatic carbocycles. The van der Waals surface area contributed by atoms with Gasteiger partial charge in [0.25, 0.3) is 0 Å². The van der Waals surface area contributed by atoms with E-state index in [-0.39, 0.29) is 11.9 Å². The van der Waals surface area contributed by atoms with E-state index in [2.05, 4.69) is 36.2 Å². The Morgan fingerprint density at radius 1 is 1.07 bits per heavy atom. The monoisotopic (exact) mass is 423 g/mol. The number of amides is 1. The van der Waals surface area contributed by atoms with Gasteiger partial charge in [-0.3, -0.25) is 4.79 Å². The van der Waals surface area contributed by atoms with Gasteiger partial charge in [-0.2, -0.15) is 0 Å². The van der Waals surface area contributed by atoms with Crippen molar-refractivity contribution in [1.82, 2.24) is 15.1 Å². The number of carbonyl (C=O) groups is 1. The van der Waals surface area contributed by atoms with Gasteiger partial charge < -0.3 is 9.32 Å². The molecule has 0 unspecified atom stereocenters. The summed E-state index contributed by atoms with van der Waals surface area (Å²) >= 11 is 5.95. The standard InChI is InChI=1S/C24H26ClN3O2/c1-16-7-8-18(13-17(16)2)14-23(29)28(21-5-3-4-6-21)15-22-26-27-24(30-22)19-9-11-20(25)12-10-19/h7-13,21H,3-6,14-15H2,1-2H3. The molecule has 0 atom stereocenters. The van der Waals surface area contributed by atoms with E-state index in [1.54, 1.807) is 12.1 Å². The Morgan fingerprint density at radius 3 is 2.50 bits per heavy atom. The third-order valence-corrected chi connectivity index (χ3v) is 6.13. The van der Waals surface area contributed by atoms with Crippen molar-refractivity contribution < 1.29 is 9.21 Å². The normalized spacial score (nSPS) is 14.2. The van der Waals surface area contributed by atoms with Crippen molar-refractivity contribution >= 4 is 17.5 Å². The predicted octanol–water partition coefficient (Wildman–Crippen LogP) is 5.52. The summed E-state index contributed by atoms with van der Waals surface area (Å²) in [5.74, 6) is 1.01. The molecule has 3 aromatic rings. The van der Waals surface area contributed by atoms with Crippen molar-refractivity contribution in [2.45, 2.75) is 58.5 Å². The number of benzene rings is 2. The average molecular weight is 424 g/mol. The second-order valence-corrected chi connectivity index (χ2v) is 8.50. The van der Waals surface area contributed by atoms with Crippen LogP contribution < -0.4 is 0 Å². The largest absolute Gasteiger partial charge is 0.419 e. The lowest BCUT2D eigenvalue weighted by Crippen LogP contribution is -2.39. The minimum atomic E-state index is 0.108. The number of hydrogen-bond donors (Lipinski definition) is 0. The number of halogens is 1. The fourth-order valence-electron chi connectivity index (χ4n) is 4.00. The molecule has 30 heavy (non-hydrogen) atoms. The van der Waals surface area contributed by atoms with Crippen LogP contribution >= 0.6 is 11.6 Å². The molecule has 6 heteroatoms. The lowest BCUT2D eigenvalue weighted by molar-refractivity contribution is -0.133. The first-order valence-corrected chi connectivity index (χ1v) is 10.8. The first-order chi connectivity index (χ1) is 14.5. The third kappa shape index (κ3) is 4.73. The zero-order valence-corrected chi connectivity index (χ0v) is 18.2. The van der Waals surface area contributed by atoms with Gasteiger partial charge in [0.1, 0.15) is 0 Å². The van der Waals surface area contributed by atoms with Crippen LogP contribution in [0, 0.1) is 13.8 Å². The molecule has 0 aliphatic heterocycles. The summed E-state index contributed by atoms with van der Waals surface area (Å²) in [5.41, 5.74) is 4.29. The number of carbonyl (C=O) groups excluding carboxylic acids is 1. The molecule has 1 amide bonds. The van der Waals surface area contributed by atoms with E-state index in [1.807, 2.05) is 23.1 Å². The van der Waals surface area contributed by atoms with Crippen LogP contribution in [0.15, 0.2) is 46.9 Å². The van der Waals surface area contributed by atoms with Gasteiger partial charge in [0, 0.05) is 16.6 Å². The lowest BCUT2D eigenvalue weighted by Gasteiger charge is -2.28. The minimum Gasteiger partial charge on any atom is -0.419 e. The number of nitrogens with zero attached hydrogens (tertiary/aromatic N) is 3. The zero-order chi connectivity index (χ0) is 21.1. The van der Waals surface area contributed by atoms with Crippen molar-refractivity contribution in [3.8, 4) is 11.5 Å². The molecule has 1 heterocycles.